The van der Waals surface area contributed by atoms with Gasteiger partial charge in [-0.3, -0.25) is 4.79 Å². The molecule has 4 rings (SSSR count). The molecule has 10 atom stereocenters. The van der Waals surface area contributed by atoms with Crippen molar-refractivity contribution in [3.05, 3.63) is 0 Å². The number of aliphatic carboxylic acids is 1. The van der Waals surface area contributed by atoms with Crippen LogP contribution in [-0.2, 0) is 4.79 Å². The maximum Gasteiger partial charge on any atom is 0.303 e. The maximum absolute atomic E-state index is 11.2. The predicted molar refractivity (Wildman–Crippen MR) is 109 cm³/mol. The lowest BCUT2D eigenvalue weighted by Crippen LogP contribution is -2.58. The molecule has 0 radical (unpaired) electrons. The molecule has 3 unspecified atom stereocenters. The fourth-order valence-corrected chi connectivity index (χ4v) is 8.73. The standard InChI is InChI=1S/C24H40O4/c1-14(4-7-21(27)28)17-5-6-18-22-19(9-11-24(17,18)3)23(2)10-8-16(25)12-15(23)13-20(22)26/h14-20,22,25-26H,4-13H2,1-3H3,(H,27,28)/t14-,15?,16-,17?,18+,19+,20-,22?,23+,24-/m1/s1. The zero-order valence-corrected chi connectivity index (χ0v) is 17.9. The van der Waals surface area contributed by atoms with E-state index in [0.717, 1.165) is 32.1 Å². The summed E-state index contributed by atoms with van der Waals surface area (Å²) in [6, 6.07) is 0. The van der Waals surface area contributed by atoms with Crippen LogP contribution in [-0.4, -0.2) is 33.5 Å². The van der Waals surface area contributed by atoms with Gasteiger partial charge < -0.3 is 15.3 Å². The average Bonchev–Trinajstić information content (AvgIpc) is 2.98. The quantitative estimate of drug-likeness (QED) is 0.659. The Morgan fingerprint density at radius 1 is 1.00 bits per heavy atom. The number of fused-ring (bicyclic) bond motifs is 5. The van der Waals surface area contributed by atoms with Crippen LogP contribution >= 0.6 is 0 Å². The van der Waals surface area contributed by atoms with E-state index in [1.165, 1.54) is 25.7 Å². The molecule has 4 nitrogen and oxygen atoms in total. The average molecular weight is 393 g/mol. The van der Waals surface area contributed by atoms with E-state index < -0.39 is 5.97 Å². The largest absolute Gasteiger partial charge is 0.481 e. The van der Waals surface area contributed by atoms with Gasteiger partial charge in [-0.2, -0.15) is 0 Å². The van der Waals surface area contributed by atoms with E-state index in [4.69, 9.17) is 5.11 Å². The highest BCUT2D eigenvalue weighted by Crippen LogP contribution is 2.68. The minimum absolute atomic E-state index is 0.179. The van der Waals surface area contributed by atoms with Crippen LogP contribution < -0.4 is 0 Å². The lowest BCUT2D eigenvalue weighted by molar-refractivity contribution is -0.174. The van der Waals surface area contributed by atoms with Crippen LogP contribution in [0.2, 0.25) is 0 Å². The summed E-state index contributed by atoms with van der Waals surface area (Å²) in [5.74, 6) is 2.36. The van der Waals surface area contributed by atoms with Gasteiger partial charge in [-0.1, -0.05) is 20.8 Å². The number of hydrogen-bond acceptors (Lipinski definition) is 3. The zero-order chi connectivity index (χ0) is 20.3. The number of aliphatic hydroxyl groups excluding tert-OH is 2. The van der Waals surface area contributed by atoms with Gasteiger partial charge in [0, 0.05) is 6.42 Å². The number of rotatable bonds is 4. The normalized spacial score (nSPS) is 51.7. The molecule has 160 valence electrons. The fraction of sp³-hybridized carbons (Fsp3) is 0.958. The van der Waals surface area contributed by atoms with Crippen LogP contribution in [0, 0.1) is 46.3 Å². The molecule has 0 bridgehead atoms. The third-order valence-electron chi connectivity index (χ3n) is 10.2. The summed E-state index contributed by atoms with van der Waals surface area (Å²) >= 11 is 0. The second-order valence-corrected chi connectivity index (χ2v) is 11.4. The van der Waals surface area contributed by atoms with E-state index >= 15 is 0 Å². The maximum atomic E-state index is 11.2. The Kier molecular flexibility index (Phi) is 5.36. The Hall–Kier alpha value is -0.610. The molecule has 4 aliphatic rings. The smallest absolute Gasteiger partial charge is 0.303 e. The van der Waals surface area contributed by atoms with Gasteiger partial charge in [-0.25, -0.2) is 0 Å². The summed E-state index contributed by atoms with van der Waals surface area (Å²) in [5.41, 5.74) is 0.523. The molecule has 4 saturated carbocycles. The molecule has 28 heavy (non-hydrogen) atoms. The molecule has 0 spiro atoms. The zero-order valence-electron chi connectivity index (χ0n) is 17.9. The molecule has 0 aliphatic heterocycles. The summed E-state index contributed by atoms with van der Waals surface area (Å²) in [6.07, 6.45) is 9.19. The van der Waals surface area contributed by atoms with Crippen molar-refractivity contribution in [3.8, 4) is 0 Å². The summed E-state index contributed by atoms with van der Waals surface area (Å²) in [6.45, 7) is 7.16. The SMILES string of the molecule is C[C@H](CCC(=O)O)C1CC[C@H]2C3[C@H](O)CC4C[C@H](O)CC[C@]4(C)[C@H]3CC[C@]12C. The topological polar surface area (TPSA) is 77.8 Å². The molecule has 4 fully saturated rings. The molecule has 0 aromatic carbocycles. The molecular weight excluding hydrogens is 352 g/mol. The van der Waals surface area contributed by atoms with Crippen molar-refractivity contribution in [1.82, 2.24) is 0 Å². The first-order valence-electron chi connectivity index (χ1n) is 11.7. The first-order chi connectivity index (χ1) is 13.2. The number of carboxylic acids is 1. The summed E-state index contributed by atoms with van der Waals surface area (Å²) in [4.78, 5) is 11.1. The van der Waals surface area contributed by atoms with Crippen LogP contribution in [0.4, 0.5) is 0 Å². The highest BCUT2D eigenvalue weighted by atomic mass is 16.4. The number of aliphatic hydroxyl groups is 2. The van der Waals surface area contributed by atoms with Gasteiger partial charge >= 0.3 is 5.97 Å². The Balaban J connectivity index is 1.55. The van der Waals surface area contributed by atoms with Gasteiger partial charge in [0.2, 0.25) is 0 Å². The van der Waals surface area contributed by atoms with Crippen LogP contribution in [0.5, 0.6) is 0 Å². The first kappa shape index (κ1) is 20.7. The molecule has 0 amide bonds. The van der Waals surface area contributed by atoms with Gasteiger partial charge in [0.25, 0.3) is 0 Å². The van der Waals surface area contributed by atoms with E-state index in [-0.39, 0.29) is 29.5 Å². The monoisotopic (exact) mass is 392 g/mol. The lowest BCUT2D eigenvalue weighted by atomic mass is 9.43. The second kappa shape index (κ2) is 7.27. The molecule has 0 aromatic rings. The third-order valence-corrected chi connectivity index (χ3v) is 10.2. The lowest BCUT2D eigenvalue weighted by Gasteiger charge is -2.62. The second-order valence-electron chi connectivity index (χ2n) is 11.4. The third kappa shape index (κ3) is 3.14. The summed E-state index contributed by atoms with van der Waals surface area (Å²) < 4.78 is 0. The van der Waals surface area contributed by atoms with E-state index in [9.17, 15) is 15.0 Å². The van der Waals surface area contributed by atoms with E-state index in [2.05, 4.69) is 20.8 Å². The van der Waals surface area contributed by atoms with Gasteiger partial charge in [0.1, 0.15) is 0 Å². The van der Waals surface area contributed by atoms with Gasteiger partial charge in [-0.15, -0.1) is 0 Å². The Bertz CT molecular complexity index is 605. The Morgan fingerprint density at radius 3 is 2.39 bits per heavy atom. The van der Waals surface area contributed by atoms with Crippen molar-refractivity contribution in [2.75, 3.05) is 0 Å². The van der Waals surface area contributed by atoms with Crippen LogP contribution in [0.25, 0.3) is 0 Å². The van der Waals surface area contributed by atoms with Crippen LogP contribution in [0.3, 0.4) is 0 Å². The van der Waals surface area contributed by atoms with Crippen molar-refractivity contribution in [2.24, 2.45) is 46.3 Å². The molecule has 0 heterocycles. The van der Waals surface area contributed by atoms with E-state index in [0.29, 0.717) is 35.5 Å². The van der Waals surface area contributed by atoms with Crippen molar-refractivity contribution < 1.29 is 20.1 Å². The van der Waals surface area contributed by atoms with Crippen molar-refractivity contribution in [3.63, 3.8) is 0 Å². The van der Waals surface area contributed by atoms with Gasteiger partial charge in [-0.05, 0) is 104 Å². The van der Waals surface area contributed by atoms with Crippen molar-refractivity contribution in [2.45, 2.75) is 97.2 Å². The minimum atomic E-state index is -0.684. The predicted octanol–water partition coefficient (Wildman–Crippen LogP) is 4.48. The molecule has 4 aliphatic carbocycles. The fourth-order valence-electron chi connectivity index (χ4n) is 8.73. The van der Waals surface area contributed by atoms with Crippen molar-refractivity contribution >= 4 is 5.97 Å². The molecule has 4 heteroatoms. The summed E-state index contributed by atoms with van der Waals surface area (Å²) in [7, 11) is 0. The highest BCUT2D eigenvalue weighted by molar-refractivity contribution is 5.66. The molecule has 0 saturated heterocycles. The van der Waals surface area contributed by atoms with Gasteiger partial charge in [0.05, 0.1) is 12.2 Å². The minimum Gasteiger partial charge on any atom is -0.481 e. The van der Waals surface area contributed by atoms with Crippen LogP contribution in [0.15, 0.2) is 0 Å². The number of carboxylic acid groups (broad SMARTS) is 1. The van der Waals surface area contributed by atoms with E-state index in [1.54, 1.807) is 0 Å². The molecule has 3 N–H and O–H groups in total. The van der Waals surface area contributed by atoms with E-state index in [1.807, 2.05) is 0 Å². The number of hydrogen-bond donors (Lipinski definition) is 3. The van der Waals surface area contributed by atoms with Gasteiger partial charge in [0.15, 0.2) is 0 Å². The molecule has 0 aromatic heterocycles. The van der Waals surface area contributed by atoms with Crippen LogP contribution in [0.1, 0.15) is 85.0 Å². The Labute approximate surface area is 170 Å². The Morgan fingerprint density at radius 2 is 1.68 bits per heavy atom. The summed E-state index contributed by atoms with van der Waals surface area (Å²) in [5, 5.41) is 30.5. The first-order valence-corrected chi connectivity index (χ1v) is 11.7. The number of carbonyl (C=O) groups is 1. The van der Waals surface area contributed by atoms with Crippen molar-refractivity contribution in [1.29, 1.82) is 0 Å². The molecular formula is C24H40O4. The highest BCUT2D eigenvalue weighted by Gasteiger charge is 2.62.